The van der Waals surface area contributed by atoms with Crippen LogP contribution in [0.1, 0.15) is 36.4 Å². The summed E-state index contributed by atoms with van der Waals surface area (Å²) in [5, 5.41) is 0. The molecule has 5 nitrogen and oxygen atoms in total. The van der Waals surface area contributed by atoms with E-state index in [4.69, 9.17) is 9.47 Å². The molecule has 0 saturated carbocycles. The number of carbonyl (C=O) groups is 1. The number of methoxy groups -OCH3 is 2. The second kappa shape index (κ2) is 9.35. The van der Waals surface area contributed by atoms with Crippen LogP contribution >= 0.6 is 0 Å². The molecule has 2 aliphatic rings. The molecule has 2 heterocycles. The molecule has 30 heavy (non-hydrogen) atoms. The number of amides is 1. The van der Waals surface area contributed by atoms with Crippen molar-refractivity contribution in [3.63, 3.8) is 0 Å². The molecule has 2 aliphatic heterocycles. The SMILES string of the molecule is COc1ccc(OC)c(C2CCCN2C(=O)CN2CC=C(c3ccccc3)CC2)c1. The van der Waals surface area contributed by atoms with Crippen LogP contribution in [0.5, 0.6) is 11.5 Å². The van der Waals surface area contributed by atoms with Crippen LogP contribution in [0.15, 0.2) is 54.6 Å². The molecule has 1 fully saturated rings. The van der Waals surface area contributed by atoms with Gasteiger partial charge in [-0.3, -0.25) is 9.69 Å². The van der Waals surface area contributed by atoms with Gasteiger partial charge in [-0.2, -0.15) is 0 Å². The minimum Gasteiger partial charge on any atom is -0.497 e. The van der Waals surface area contributed by atoms with E-state index in [9.17, 15) is 4.79 Å². The third-order valence-electron chi connectivity index (χ3n) is 6.17. The van der Waals surface area contributed by atoms with Crippen LogP contribution in [0.3, 0.4) is 0 Å². The molecule has 0 radical (unpaired) electrons. The van der Waals surface area contributed by atoms with Gasteiger partial charge in [0.05, 0.1) is 26.8 Å². The van der Waals surface area contributed by atoms with Gasteiger partial charge in [0.25, 0.3) is 0 Å². The molecular formula is C25H30N2O3. The van der Waals surface area contributed by atoms with E-state index in [2.05, 4.69) is 35.2 Å². The lowest BCUT2D eigenvalue weighted by Crippen LogP contribution is -2.41. The number of rotatable bonds is 6. The third-order valence-corrected chi connectivity index (χ3v) is 6.17. The largest absolute Gasteiger partial charge is 0.497 e. The summed E-state index contributed by atoms with van der Waals surface area (Å²) in [5.41, 5.74) is 3.69. The summed E-state index contributed by atoms with van der Waals surface area (Å²) in [6, 6.07) is 16.4. The smallest absolute Gasteiger partial charge is 0.237 e. The highest BCUT2D eigenvalue weighted by atomic mass is 16.5. The Bertz CT molecular complexity index is 910. The zero-order chi connectivity index (χ0) is 20.9. The summed E-state index contributed by atoms with van der Waals surface area (Å²) in [6.45, 7) is 2.98. The normalized spacial score (nSPS) is 19.5. The first-order valence-electron chi connectivity index (χ1n) is 10.7. The Morgan fingerprint density at radius 3 is 2.60 bits per heavy atom. The second-order valence-corrected chi connectivity index (χ2v) is 7.93. The predicted molar refractivity (Wildman–Crippen MR) is 119 cm³/mol. The fourth-order valence-corrected chi connectivity index (χ4v) is 4.54. The number of likely N-dealkylation sites (tertiary alicyclic amines) is 1. The van der Waals surface area contributed by atoms with Crippen LogP contribution in [0.2, 0.25) is 0 Å². The molecule has 158 valence electrons. The lowest BCUT2D eigenvalue weighted by atomic mass is 9.99. The Morgan fingerprint density at radius 2 is 1.90 bits per heavy atom. The van der Waals surface area contributed by atoms with Crippen molar-refractivity contribution in [2.45, 2.75) is 25.3 Å². The Morgan fingerprint density at radius 1 is 1.07 bits per heavy atom. The molecule has 1 unspecified atom stereocenters. The number of hydrogen-bond acceptors (Lipinski definition) is 4. The maximum Gasteiger partial charge on any atom is 0.237 e. The second-order valence-electron chi connectivity index (χ2n) is 7.93. The summed E-state index contributed by atoms with van der Waals surface area (Å²) in [5.74, 6) is 1.80. The summed E-state index contributed by atoms with van der Waals surface area (Å²) in [6.07, 6.45) is 5.20. The highest BCUT2D eigenvalue weighted by Crippen LogP contribution is 2.39. The first-order valence-corrected chi connectivity index (χ1v) is 10.7. The maximum absolute atomic E-state index is 13.2. The number of nitrogens with zero attached hydrogens (tertiary/aromatic N) is 2. The molecular weight excluding hydrogens is 376 g/mol. The summed E-state index contributed by atoms with van der Waals surface area (Å²) in [4.78, 5) is 17.5. The van der Waals surface area contributed by atoms with Crippen molar-refractivity contribution in [3.8, 4) is 11.5 Å². The Hall–Kier alpha value is -2.79. The van der Waals surface area contributed by atoms with Gasteiger partial charge in [-0.05, 0) is 48.6 Å². The van der Waals surface area contributed by atoms with E-state index >= 15 is 0 Å². The van der Waals surface area contributed by atoms with Crippen molar-refractivity contribution in [1.29, 1.82) is 0 Å². The number of ether oxygens (including phenoxy) is 2. The van der Waals surface area contributed by atoms with E-state index < -0.39 is 0 Å². The number of benzene rings is 2. The molecule has 1 saturated heterocycles. The average molecular weight is 407 g/mol. The molecule has 2 aromatic carbocycles. The van der Waals surface area contributed by atoms with Crippen LogP contribution in [0.4, 0.5) is 0 Å². The Kier molecular flexibility index (Phi) is 6.38. The van der Waals surface area contributed by atoms with Crippen molar-refractivity contribution >= 4 is 11.5 Å². The fourth-order valence-electron chi connectivity index (χ4n) is 4.54. The van der Waals surface area contributed by atoms with Gasteiger partial charge in [0.15, 0.2) is 0 Å². The summed E-state index contributed by atoms with van der Waals surface area (Å²) in [7, 11) is 3.34. The average Bonchev–Trinajstić information content (AvgIpc) is 3.30. The monoisotopic (exact) mass is 406 g/mol. The first-order chi connectivity index (χ1) is 14.7. The van der Waals surface area contributed by atoms with Crippen molar-refractivity contribution in [1.82, 2.24) is 9.80 Å². The molecule has 2 aromatic rings. The molecule has 1 atom stereocenters. The molecule has 0 aliphatic carbocycles. The van der Waals surface area contributed by atoms with Gasteiger partial charge in [0.1, 0.15) is 11.5 Å². The van der Waals surface area contributed by atoms with E-state index in [1.807, 2.05) is 29.2 Å². The Balaban J connectivity index is 1.43. The van der Waals surface area contributed by atoms with Crippen LogP contribution < -0.4 is 9.47 Å². The van der Waals surface area contributed by atoms with Gasteiger partial charge in [0.2, 0.25) is 5.91 Å². The van der Waals surface area contributed by atoms with Crippen LogP contribution in [0, 0.1) is 0 Å². The Labute approximate surface area is 178 Å². The minimum atomic E-state index is 0.0442. The van der Waals surface area contributed by atoms with E-state index in [-0.39, 0.29) is 11.9 Å². The van der Waals surface area contributed by atoms with Crippen molar-refractivity contribution < 1.29 is 14.3 Å². The van der Waals surface area contributed by atoms with Gasteiger partial charge < -0.3 is 14.4 Å². The van der Waals surface area contributed by atoms with Gasteiger partial charge in [0, 0.05) is 25.2 Å². The van der Waals surface area contributed by atoms with E-state index in [0.717, 1.165) is 56.0 Å². The van der Waals surface area contributed by atoms with E-state index in [0.29, 0.717) is 6.54 Å². The fraction of sp³-hybridized carbons (Fsp3) is 0.400. The van der Waals surface area contributed by atoms with Gasteiger partial charge in [-0.1, -0.05) is 36.4 Å². The zero-order valence-corrected chi connectivity index (χ0v) is 17.8. The minimum absolute atomic E-state index is 0.0442. The van der Waals surface area contributed by atoms with Gasteiger partial charge in [-0.25, -0.2) is 0 Å². The molecule has 5 heteroatoms. The van der Waals surface area contributed by atoms with Crippen molar-refractivity contribution in [3.05, 3.63) is 65.7 Å². The van der Waals surface area contributed by atoms with Crippen LogP contribution in [-0.4, -0.2) is 56.1 Å². The van der Waals surface area contributed by atoms with E-state index in [1.165, 1.54) is 11.1 Å². The van der Waals surface area contributed by atoms with Crippen LogP contribution in [-0.2, 0) is 4.79 Å². The molecule has 4 rings (SSSR count). The highest BCUT2D eigenvalue weighted by Gasteiger charge is 2.33. The first kappa shape index (κ1) is 20.5. The maximum atomic E-state index is 13.2. The van der Waals surface area contributed by atoms with Crippen molar-refractivity contribution in [2.75, 3.05) is 40.4 Å². The molecule has 0 spiro atoms. The zero-order valence-electron chi connectivity index (χ0n) is 17.8. The van der Waals surface area contributed by atoms with E-state index in [1.54, 1.807) is 14.2 Å². The molecule has 0 bridgehead atoms. The third kappa shape index (κ3) is 4.36. The number of carbonyl (C=O) groups excluding carboxylic acids is 1. The topological polar surface area (TPSA) is 42.0 Å². The predicted octanol–water partition coefficient (Wildman–Crippen LogP) is 4.16. The van der Waals surface area contributed by atoms with Gasteiger partial charge in [-0.15, -0.1) is 0 Å². The summed E-state index contributed by atoms with van der Waals surface area (Å²) >= 11 is 0. The summed E-state index contributed by atoms with van der Waals surface area (Å²) < 4.78 is 11.0. The standard InChI is InChI=1S/C25H30N2O3/c1-29-21-10-11-24(30-2)22(17-21)23-9-6-14-27(23)25(28)18-26-15-12-20(13-16-26)19-7-4-3-5-8-19/h3-5,7-8,10-12,17,23H,6,9,13-16,18H2,1-2H3. The molecule has 0 N–H and O–H groups in total. The molecule has 1 amide bonds. The number of hydrogen-bond donors (Lipinski definition) is 0. The lowest BCUT2D eigenvalue weighted by molar-refractivity contribution is -0.133. The lowest BCUT2D eigenvalue weighted by Gasteiger charge is -2.31. The molecule has 0 aromatic heterocycles. The van der Waals surface area contributed by atoms with Gasteiger partial charge >= 0.3 is 0 Å². The van der Waals surface area contributed by atoms with Crippen LogP contribution in [0.25, 0.3) is 5.57 Å². The quantitative estimate of drug-likeness (QED) is 0.723. The highest BCUT2D eigenvalue weighted by molar-refractivity contribution is 5.79. The van der Waals surface area contributed by atoms with Crippen molar-refractivity contribution in [2.24, 2.45) is 0 Å².